The summed E-state index contributed by atoms with van der Waals surface area (Å²) in [5.74, 6) is 0.557. The van der Waals surface area contributed by atoms with Gasteiger partial charge in [0, 0.05) is 30.1 Å². The van der Waals surface area contributed by atoms with E-state index in [0.717, 1.165) is 25.6 Å². The van der Waals surface area contributed by atoms with Crippen molar-refractivity contribution in [3.05, 3.63) is 10.6 Å². The van der Waals surface area contributed by atoms with Gasteiger partial charge in [0.2, 0.25) is 0 Å². The Hall–Kier alpha value is -0.610. The number of thiazole rings is 1. The van der Waals surface area contributed by atoms with E-state index >= 15 is 0 Å². The van der Waals surface area contributed by atoms with E-state index in [1.807, 2.05) is 11.3 Å². The molecule has 0 spiro atoms. The van der Waals surface area contributed by atoms with E-state index in [4.69, 9.17) is 4.98 Å². The first-order valence-corrected chi connectivity index (χ1v) is 8.88. The van der Waals surface area contributed by atoms with Crippen LogP contribution < -0.4 is 10.2 Å². The molecule has 1 heterocycles. The topological polar surface area (TPSA) is 28.2 Å². The van der Waals surface area contributed by atoms with Crippen molar-refractivity contribution >= 4 is 16.5 Å². The first-order chi connectivity index (χ1) is 9.56. The lowest BCUT2D eigenvalue weighted by Gasteiger charge is -2.18. The molecule has 114 valence electrons. The van der Waals surface area contributed by atoms with Gasteiger partial charge in [0.15, 0.2) is 5.13 Å². The zero-order valence-electron chi connectivity index (χ0n) is 13.6. The molecule has 3 nitrogen and oxygen atoms in total. The molecule has 1 fully saturated rings. The summed E-state index contributed by atoms with van der Waals surface area (Å²) in [5.41, 5.74) is 1.32. The van der Waals surface area contributed by atoms with Gasteiger partial charge in [-0.05, 0) is 32.1 Å². The van der Waals surface area contributed by atoms with Crippen molar-refractivity contribution in [1.82, 2.24) is 10.3 Å². The minimum absolute atomic E-state index is 0.524. The summed E-state index contributed by atoms with van der Waals surface area (Å²) in [6, 6.07) is 1.28. The van der Waals surface area contributed by atoms with Crippen LogP contribution in [0.2, 0.25) is 0 Å². The van der Waals surface area contributed by atoms with E-state index in [1.54, 1.807) is 0 Å². The van der Waals surface area contributed by atoms with Gasteiger partial charge in [-0.25, -0.2) is 4.98 Å². The lowest BCUT2D eigenvalue weighted by atomic mass is 10.0. The van der Waals surface area contributed by atoms with Crippen molar-refractivity contribution in [3.63, 3.8) is 0 Å². The number of nitrogens with zero attached hydrogens (tertiary/aromatic N) is 2. The lowest BCUT2D eigenvalue weighted by molar-refractivity contribution is 0.584. The van der Waals surface area contributed by atoms with Crippen molar-refractivity contribution in [3.8, 4) is 0 Å². The highest BCUT2D eigenvalue weighted by atomic mass is 32.1. The van der Waals surface area contributed by atoms with Gasteiger partial charge in [-0.3, -0.25) is 0 Å². The Morgan fingerprint density at radius 3 is 2.50 bits per heavy atom. The monoisotopic (exact) mass is 295 g/mol. The summed E-state index contributed by atoms with van der Waals surface area (Å²) in [6.45, 7) is 13.2. The van der Waals surface area contributed by atoms with Crippen molar-refractivity contribution in [2.75, 3.05) is 11.4 Å². The first-order valence-electron chi connectivity index (χ1n) is 8.06. The fraction of sp³-hybridized carbons (Fsp3) is 0.812. The first kappa shape index (κ1) is 15.8. The maximum atomic E-state index is 5.00. The molecule has 1 saturated carbocycles. The average Bonchev–Trinajstić information content (AvgIpc) is 3.16. The maximum absolute atomic E-state index is 5.00. The second-order valence-electron chi connectivity index (χ2n) is 6.17. The van der Waals surface area contributed by atoms with Crippen LogP contribution in [0.5, 0.6) is 0 Å². The van der Waals surface area contributed by atoms with Crippen molar-refractivity contribution in [2.24, 2.45) is 0 Å². The number of hydrogen-bond acceptors (Lipinski definition) is 4. The summed E-state index contributed by atoms with van der Waals surface area (Å²) in [6.07, 6.45) is 3.84. The van der Waals surface area contributed by atoms with Crippen LogP contribution in [-0.4, -0.2) is 23.6 Å². The molecule has 1 N–H and O–H groups in total. The Morgan fingerprint density at radius 1 is 1.30 bits per heavy atom. The largest absolute Gasteiger partial charge is 0.345 e. The van der Waals surface area contributed by atoms with E-state index in [1.165, 1.54) is 28.5 Å². The van der Waals surface area contributed by atoms with Gasteiger partial charge in [-0.15, -0.1) is 11.3 Å². The second-order valence-corrected chi connectivity index (χ2v) is 7.23. The molecule has 0 bridgehead atoms. The van der Waals surface area contributed by atoms with Crippen LogP contribution in [0.4, 0.5) is 5.13 Å². The predicted octanol–water partition coefficient (Wildman–Crippen LogP) is 4.14. The van der Waals surface area contributed by atoms with E-state index in [2.05, 4.69) is 44.8 Å². The number of hydrogen-bond donors (Lipinski definition) is 1. The van der Waals surface area contributed by atoms with Crippen molar-refractivity contribution in [2.45, 2.75) is 78.4 Å². The van der Waals surface area contributed by atoms with Gasteiger partial charge in [0.1, 0.15) is 0 Å². The number of aromatic nitrogens is 1. The molecular weight excluding hydrogens is 266 g/mol. The Kier molecular flexibility index (Phi) is 5.44. The molecule has 0 aromatic carbocycles. The Labute approximate surface area is 127 Å². The van der Waals surface area contributed by atoms with Gasteiger partial charge >= 0.3 is 0 Å². The van der Waals surface area contributed by atoms with Gasteiger partial charge in [-0.1, -0.05) is 27.7 Å². The van der Waals surface area contributed by atoms with Gasteiger partial charge < -0.3 is 10.2 Å². The molecule has 1 aromatic heterocycles. The van der Waals surface area contributed by atoms with Crippen molar-refractivity contribution in [1.29, 1.82) is 0 Å². The fourth-order valence-corrected chi connectivity index (χ4v) is 3.68. The minimum atomic E-state index is 0.524. The average molecular weight is 295 g/mol. The zero-order chi connectivity index (χ0) is 14.7. The normalized spacial score (nSPS) is 16.7. The molecule has 1 aromatic rings. The Balaban J connectivity index is 2.20. The number of nitrogens with one attached hydrogen (secondary N) is 1. The maximum Gasteiger partial charge on any atom is 0.186 e. The Bertz CT molecular complexity index is 423. The molecule has 0 radical (unpaired) electrons. The SMILES string of the molecule is CCC(C)c1nc(N(CC)C2CC2)sc1CNC(C)C. The molecule has 0 aliphatic heterocycles. The molecule has 2 rings (SSSR count). The van der Waals surface area contributed by atoms with E-state index in [9.17, 15) is 0 Å². The van der Waals surface area contributed by atoms with Crippen LogP contribution >= 0.6 is 11.3 Å². The number of rotatable bonds is 8. The minimum Gasteiger partial charge on any atom is -0.345 e. The van der Waals surface area contributed by atoms with Crippen LogP contribution in [0.25, 0.3) is 0 Å². The third-order valence-electron chi connectivity index (χ3n) is 4.04. The zero-order valence-corrected chi connectivity index (χ0v) is 14.4. The quantitative estimate of drug-likeness (QED) is 0.781. The van der Waals surface area contributed by atoms with Crippen LogP contribution in [0.1, 0.15) is 70.4 Å². The molecular formula is C16H29N3S. The highest BCUT2D eigenvalue weighted by Crippen LogP contribution is 2.37. The summed E-state index contributed by atoms with van der Waals surface area (Å²) in [5, 5.41) is 4.79. The van der Waals surface area contributed by atoms with Crippen LogP contribution in [0.15, 0.2) is 0 Å². The smallest absolute Gasteiger partial charge is 0.186 e. The van der Waals surface area contributed by atoms with E-state index in [0.29, 0.717) is 12.0 Å². The van der Waals surface area contributed by atoms with E-state index in [-0.39, 0.29) is 0 Å². The fourth-order valence-electron chi connectivity index (χ4n) is 2.41. The summed E-state index contributed by atoms with van der Waals surface area (Å²) < 4.78 is 0. The summed E-state index contributed by atoms with van der Waals surface area (Å²) in [4.78, 5) is 8.92. The molecule has 0 saturated heterocycles. The standard InChI is InChI=1S/C16H29N3S/c1-6-12(5)15-14(10-17-11(3)4)20-16(18-15)19(7-2)13-8-9-13/h11-13,17H,6-10H2,1-5H3. The molecule has 1 aliphatic rings. The van der Waals surface area contributed by atoms with E-state index < -0.39 is 0 Å². The highest BCUT2D eigenvalue weighted by molar-refractivity contribution is 7.15. The highest BCUT2D eigenvalue weighted by Gasteiger charge is 2.31. The van der Waals surface area contributed by atoms with Gasteiger partial charge in [0.25, 0.3) is 0 Å². The molecule has 1 unspecified atom stereocenters. The van der Waals surface area contributed by atoms with Crippen molar-refractivity contribution < 1.29 is 0 Å². The van der Waals surface area contributed by atoms with Crippen LogP contribution in [0, 0.1) is 0 Å². The van der Waals surface area contributed by atoms with Gasteiger partial charge in [-0.2, -0.15) is 0 Å². The molecule has 4 heteroatoms. The number of anilines is 1. The Morgan fingerprint density at radius 2 is 2.00 bits per heavy atom. The molecule has 20 heavy (non-hydrogen) atoms. The summed E-state index contributed by atoms with van der Waals surface area (Å²) >= 11 is 1.90. The third kappa shape index (κ3) is 3.73. The lowest BCUT2D eigenvalue weighted by Crippen LogP contribution is -2.24. The molecule has 1 aliphatic carbocycles. The molecule has 1 atom stereocenters. The molecule has 0 amide bonds. The second kappa shape index (κ2) is 6.90. The van der Waals surface area contributed by atoms with Crippen LogP contribution in [-0.2, 0) is 6.54 Å². The third-order valence-corrected chi connectivity index (χ3v) is 5.15. The van der Waals surface area contributed by atoms with Crippen LogP contribution in [0.3, 0.4) is 0 Å². The van der Waals surface area contributed by atoms with Gasteiger partial charge in [0.05, 0.1) is 5.69 Å². The predicted molar refractivity (Wildman–Crippen MR) is 88.8 cm³/mol. The summed E-state index contributed by atoms with van der Waals surface area (Å²) in [7, 11) is 0.